The number of fused-ring (bicyclic) bond motifs is 1. The van der Waals surface area contributed by atoms with Gasteiger partial charge in [-0.3, -0.25) is 10.1 Å². The first-order chi connectivity index (χ1) is 18.1. The molecule has 0 aliphatic carbocycles. The van der Waals surface area contributed by atoms with Gasteiger partial charge in [-0.05, 0) is 62.2 Å². The second-order valence-electron chi connectivity index (χ2n) is 8.99. The number of ether oxygens (including phenoxy) is 3. The van der Waals surface area contributed by atoms with E-state index >= 15 is 0 Å². The summed E-state index contributed by atoms with van der Waals surface area (Å²) >= 11 is 3.27. The van der Waals surface area contributed by atoms with Crippen molar-refractivity contribution in [3.05, 3.63) is 88.0 Å². The highest BCUT2D eigenvalue weighted by atomic mass is 79.9. The number of esters is 1. The Morgan fingerprint density at radius 3 is 2.47 bits per heavy atom. The Bertz CT molecular complexity index is 1500. The third-order valence-corrected chi connectivity index (χ3v) is 5.76. The zero-order valence-electron chi connectivity index (χ0n) is 21.0. The van der Waals surface area contributed by atoms with E-state index < -0.39 is 16.0 Å². The number of carbonyl (C=O) groups is 2. The molecule has 4 aromatic rings. The van der Waals surface area contributed by atoms with Gasteiger partial charge in [-0.1, -0.05) is 28.1 Å². The van der Waals surface area contributed by atoms with Crippen molar-refractivity contribution in [1.29, 1.82) is 0 Å². The predicted molar refractivity (Wildman–Crippen MR) is 144 cm³/mol. The van der Waals surface area contributed by atoms with Crippen LogP contribution in [0.15, 0.2) is 74.3 Å². The molecule has 0 aliphatic heterocycles. The zero-order chi connectivity index (χ0) is 27.3. The van der Waals surface area contributed by atoms with Crippen LogP contribution in [0, 0.1) is 6.92 Å². The summed E-state index contributed by atoms with van der Waals surface area (Å²) in [7, 11) is 0. The molecule has 0 saturated carbocycles. The molecule has 0 unspecified atom stereocenters. The summed E-state index contributed by atoms with van der Waals surface area (Å²) in [5.41, 5.74) is 2.11. The van der Waals surface area contributed by atoms with Crippen LogP contribution < -0.4 is 15.7 Å². The summed E-state index contributed by atoms with van der Waals surface area (Å²) in [6.45, 7) is 5.45. The van der Waals surface area contributed by atoms with Gasteiger partial charge in [0.15, 0.2) is 6.61 Å². The van der Waals surface area contributed by atoms with Gasteiger partial charge in [0.25, 0.3) is 5.95 Å². The number of hydrogen-bond acceptors (Lipinski definition) is 8. The molecule has 10 heteroatoms. The lowest BCUT2D eigenvalue weighted by Crippen LogP contribution is -2.27. The van der Waals surface area contributed by atoms with Gasteiger partial charge >= 0.3 is 17.7 Å². The molecule has 2 aromatic heterocycles. The van der Waals surface area contributed by atoms with E-state index in [1.54, 1.807) is 56.3 Å². The Hall–Kier alpha value is -4.05. The average molecular weight is 584 g/mol. The summed E-state index contributed by atoms with van der Waals surface area (Å²) < 4.78 is 26.2. The lowest BCUT2D eigenvalue weighted by molar-refractivity contribution is -0.145. The van der Waals surface area contributed by atoms with E-state index in [0.29, 0.717) is 29.2 Å². The topological polar surface area (TPSA) is 117 Å². The van der Waals surface area contributed by atoms with Crippen LogP contribution in [0.25, 0.3) is 11.0 Å². The number of furan rings is 1. The van der Waals surface area contributed by atoms with Crippen molar-refractivity contribution in [3.8, 4) is 11.7 Å². The smallest absolute Gasteiger partial charge is 0.412 e. The number of hydrogen-bond donors (Lipinski definition) is 1. The van der Waals surface area contributed by atoms with Crippen molar-refractivity contribution in [3.63, 3.8) is 0 Å². The van der Waals surface area contributed by atoms with Crippen LogP contribution in [0.5, 0.6) is 11.7 Å². The van der Waals surface area contributed by atoms with E-state index in [4.69, 9.17) is 23.0 Å². The van der Waals surface area contributed by atoms with Gasteiger partial charge < -0.3 is 23.0 Å². The van der Waals surface area contributed by atoms with Crippen LogP contribution in [-0.2, 0) is 27.3 Å². The molecular formula is C28H26BrNO8. The predicted octanol–water partition coefficient (Wildman–Crippen LogP) is 6.49. The number of halogens is 1. The van der Waals surface area contributed by atoms with Gasteiger partial charge in [0.05, 0.1) is 6.61 Å². The first-order valence-corrected chi connectivity index (χ1v) is 12.6. The van der Waals surface area contributed by atoms with Crippen LogP contribution in [-0.4, -0.2) is 23.0 Å². The highest BCUT2D eigenvalue weighted by Crippen LogP contribution is 2.25. The fourth-order valence-corrected chi connectivity index (χ4v) is 3.57. The molecule has 0 spiro atoms. The van der Waals surface area contributed by atoms with Crippen molar-refractivity contribution in [2.75, 3.05) is 11.9 Å². The molecule has 0 bridgehead atoms. The number of carbonyl (C=O) groups excluding carboxylic acids is 2. The minimum atomic E-state index is -0.710. The second-order valence-corrected chi connectivity index (χ2v) is 11.0. The number of amides is 1. The monoisotopic (exact) mass is 583 g/mol. The van der Waals surface area contributed by atoms with Gasteiger partial charge in [-0.15, -0.1) is 0 Å². The molecule has 0 atom stereocenters. The average Bonchev–Trinajstić information content (AvgIpc) is 3.30. The summed E-state index contributed by atoms with van der Waals surface area (Å²) in [6.07, 6.45) is -0.119. The number of nitrogens with one attached hydrogen (secondary N) is 1. The number of alkyl halides is 1. The van der Waals surface area contributed by atoms with Crippen molar-refractivity contribution in [2.45, 2.75) is 38.1 Å². The van der Waals surface area contributed by atoms with Gasteiger partial charge in [0.1, 0.15) is 21.4 Å². The van der Waals surface area contributed by atoms with Crippen LogP contribution >= 0.6 is 15.9 Å². The minimum Gasteiger partial charge on any atom is -0.464 e. The summed E-state index contributed by atoms with van der Waals surface area (Å²) in [6, 6.07) is 17.0. The van der Waals surface area contributed by atoms with Crippen LogP contribution in [0.4, 0.5) is 10.5 Å². The first kappa shape index (κ1) is 27.0. The summed E-state index contributed by atoms with van der Waals surface area (Å²) in [5.74, 6) is 0.879. The molecule has 0 aliphatic rings. The lowest BCUT2D eigenvalue weighted by atomic mass is 10.1. The highest BCUT2D eigenvalue weighted by Gasteiger charge is 2.25. The molecule has 0 radical (unpaired) electrons. The number of rotatable bonds is 9. The SMILES string of the molecule is Cc1cc(=O)oc2cc(NC(=O)OCc3ccc(Oc4ccc(CCOC(=O)C(C)(C)Br)cc4)o3)ccc12. The molecule has 1 N–H and O–H groups in total. The Morgan fingerprint density at radius 1 is 0.974 bits per heavy atom. The molecule has 9 nitrogen and oxygen atoms in total. The van der Waals surface area contributed by atoms with Gasteiger partial charge in [-0.2, -0.15) is 0 Å². The van der Waals surface area contributed by atoms with E-state index in [0.717, 1.165) is 16.5 Å². The molecule has 0 saturated heterocycles. The zero-order valence-corrected chi connectivity index (χ0v) is 22.6. The quantitative estimate of drug-likeness (QED) is 0.135. The van der Waals surface area contributed by atoms with E-state index in [2.05, 4.69) is 21.2 Å². The number of aryl methyl sites for hydroxylation is 1. The van der Waals surface area contributed by atoms with E-state index in [-0.39, 0.29) is 25.1 Å². The molecule has 4 rings (SSSR count). The normalized spacial score (nSPS) is 11.3. The fourth-order valence-electron chi connectivity index (χ4n) is 3.46. The maximum atomic E-state index is 12.2. The van der Waals surface area contributed by atoms with E-state index in [1.807, 2.05) is 19.1 Å². The third-order valence-electron chi connectivity index (χ3n) is 5.43. The van der Waals surface area contributed by atoms with Gasteiger partial charge in [0.2, 0.25) is 0 Å². The number of benzene rings is 2. The van der Waals surface area contributed by atoms with Crippen molar-refractivity contribution in [2.24, 2.45) is 0 Å². The third kappa shape index (κ3) is 7.25. The highest BCUT2D eigenvalue weighted by molar-refractivity contribution is 9.10. The molecule has 2 heterocycles. The van der Waals surface area contributed by atoms with Crippen LogP contribution in [0.2, 0.25) is 0 Å². The standard InChI is InChI=1S/C28H26BrNO8/c1-17-14-24(31)38-23-15-19(6-10-22(17)23)30-27(33)35-16-21-9-11-25(37-21)36-20-7-4-18(5-8-20)12-13-34-26(32)28(2,3)29/h4-11,14-15H,12-13,16H2,1-3H3,(H,30,33). The van der Waals surface area contributed by atoms with Gasteiger partial charge in [-0.25, -0.2) is 9.59 Å². The Labute approximate surface area is 226 Å². The van der Waals surface area contributed by atoms with E-state index in [9.17, 15) is 14.4 Å². The molecule has 198 valence electrons. The largest absolute Gasteiger partial charge is 0.464 e. The minimum absolute atomic E-state index is 0.111. The molecule has 2 aromatic carbocycles. The van der Waals surface area contributed by atoms with Gasteiger partial charge in [0, 0.05) is 35.7 Å². The Kier molecular flexibility index (Phi) is 8.21. The Morgan fingerprint density at radius 2 is 1.74 bits per heavy atom. The summed E-state index contributed by atoms with van der Waals surface area (Å²) in [5, 5.41) is 3.38. The molecule has 38 heavy (non-hydrogen) atoms. The fraction of sp³-hybridized carbons (Fsp3) is 0.250. The van der Waals surface area contributed by atoms with Crippen LogP contribution in [0.1, 0.15) is 30.7 Å². The molecular weight excluding hydrogens is 558 g/mol. The first-order valence-electron chi connectivity index (χ1n) is 11.8. The van der Waals surface area contributed by atoms with Crippen molar-refractivity contribution < 1.29 is 32.6 Å². The van der Waals surface area contributed by atoms with Crippen LogP contribution in [0.3, 0.4) is 0 Å². The second kappa shape index (κ2) is 11.6. The number of anilines is 1. The van der Waals surface area contributed by atoms with Crippen molar-refractivity contribution in [1.82, 2.24) is 0 Å². The molecule has 0 fully saturated rings. The lowest BCUT2D eigenvalue weighted by Gasteiger charge is -2.14. The van der Waals surface area contributed by atoms with E-state index in [1.165, 1.54) is 6.07 Å². The van der Waals surface area contributed by atoms with Crippen molar-refractivity contribution >= 4 is 44.6 Å². The summed E-state index contributed by atoms with van der Waals surface area (Å²) in [4.78, 5) is 35.6. The maximum Gasteiger partial charge on any atom is 0.412 e. The Balaban J connectivity index is 1.24. The maximum absolute atomic E-state index is 12.2. The molecule has 1 amide bonds.